The molecule has 0 radical (unpaired) electrons. The van der Waals surface area contributed by atoms with Crippen molar-refractivity contribution in [2.24, 2.45) is 5.92 Å². The topological polar surface area (TPSA) is 0 Å². The van der Waals surface area contributed by atoms with Gasteiger partial charge in [-0.25, -0.2) is 0 Å². The predicted octanol–water partition coefficient (Wildman–Crippen LogP) is 9.45. The van der Waals surface area contributed by atoms with Gasteiger partial charge in [0.1, 0.15) is 0 Å². The molecule has 0 amide bonds. The smallest absolute Gasteiger partial charge is 0.147 e. The molecule has 0 nitrogen and oxygen atoms in total. The van der Waals surface area contributed by atoms with Crippen LogP contribution in [0.1, 0.15) is 48.0 Å². The van der Waals surface area contributed by atoms with Crippen LogP contribution >= 0.6 is 48.0 Å². The molecule has 2 unspecified atom stereocenters. The Bertz CT molecular complexity index is 1170. The van der Waals surface area contributed by atoms with Crippen LogP contribution < -0.4 is 0 Å². The van der Waals surface area contributed by atoms with Crippen molar-refractivity contribution < 1.29 is 20.4 Å². The van der Waals surface area contributed by atoms with Gasteiger partial charge in [-0.1, -0.05) is 0 Å². The van der Waals surface area contributed by atoms with Crippen molar-refractivity contribution in [3.8, 4) is 0 Å². The number of halogens is 4. The van der Waals surface area contributed by atoms with E-state index in [4.69, 9.17) is 23.2 Å². The summed E-state index contributed by atoms with van der Waals surface area (Å²) in [6.07, 6.45) is 2.58. The van der Waals surface area contributed by atoms with Crippen molar-refractivity contribution in [1.29, 1.82) is 0 Å². The van der Waals surface area contributed by atoms with E-state index < -0.39 is 25.8 Å². The van der Waals surface area contributed by atoms with Crippen LogP contribution in [-0.2, 0) is 20.4 Å². The van der Waals surface area contributed by atoms with Gasteiger partial charge in [0, 0.05) is 0 Å². The van der Waals surface area contributed by atoms with E-state index in [0.29, 0.717) is 19.6 Å². The van der Waals surface area contributed by atoms with E-state index in [1.165, 1.54) is 22.3 Å². The molecule has 4 rings (SSSR count). The number of hydrogen-bond donors (Lipinski definition) is 0. The van der Waals surface area contributed by atoms with Gasteiger partial charge in [0.25, 0.3) is 0 Å². The summed E-state index contributed by atoms with van der Waals surface area (Å²) in [5.41, 5.74) is 9.67. The average molecular weight is 604 g/mol. The molecule has 0 saturated carbocycles. The van der Waals surface area contributed by atoms with E-state index in [1.54, 1.807) is 11.1 Å². The first-order chi connectivity index (χ1) is 14.2. The van der Waals surface area contributed by atoms with E-state index in [2.05, 4.69) is 83.3 Å². The van der Waals surface area contributed by atoms with Crippen LogP contribution in [0, 0.1) is 5.92 Å². The fraction of sp³-hybridized carbons (Fsp3) is 0.308. The van der Waals surface area contributed by atoms with E-state index in [1.807, 2.05) is 9.35 Å². The number of hydrogen-bond acceptors (Lipinski definition) is 0. The first kappa shape index (κ1) is 28.2. The maximum atomic E-state index is 6.37. The van der Waals surface area contributed by atoms with Crippen LogP contribution in [0.25, 0.3) is 5.57 Å². The minimum Gasteiger partial charge on any atom is -0.147 e. The average Bonchev–Trinajstić information content (AvgIpc) is 3.15. The fourth-order valence-corrected chi connectivity index (χ4v) is 25.3. The Morgan fingerprint density at radius 3 is 2.00 bits per heavy atom. The van der Waals surface area contributed by atoms with E-state index >= 15 is 0 Å². The molecule has 0 aromatic heterocycles. The van der Waals surface area contributed by atoms with Crippen molar-refractivity contribution in [2.45, 2.75) is 44.4 Å². The van der Waals surface area contributed by atoms with Crippen LogP contribution in [0.3, 0.4) is 0 Å². The maximum Gasteiger partial charge on any atom is -0.147 e. The quantitative estimate of drug-likeness (QED) is 0.307. The molecule has 0 bridgehead atoms. The van der Waals surface area contributed by atoms with Gasteiger partial charge >= 0.3 is 200 Å². The number of benzene rings is 2. The van der Waals surface area contributed by atoms with E-state index in [-0.39, 0.29) is 24.8 Å². The molecule has 2 aliphatic rings. The second kappa shape index (κ2) is 11.1. The summed E-state index contributed by atoms with van der Waals surface area (Å²) in [5, 5.41) is 1.40. The molecule has 0 fully saturated rings. The zero-order valence-corrected chi connectivity index (χ0v) is 25.9. The van der Waals surface area contributed by atoms with Crippen molar-refractivity contribution in [1.82, 2.24) is 0 Å². The van der Waals surface area contributed by atoms with E-state index in [9.17, 15) is 0 Å². The van der Waals surface area contributed by atoms with Crippen LogP contribution in [-0.4, -0.2) is 5.43 Å². The number of rotatable bonds is 3. The second-order valence-electron chi connectivity index (χ2n) is 8.79. The van der Waals surface area contributed by atoms with E-state index in [0.717, 1.165) is 5.56 Å². The van der Waals surface area contributed by atoms with Crippen molar-refractivity contribution >= 4 is 59.0 Å². The Morgan fingerprint density at radius 2 is 1.47 bits per heavy atom. The predicted molar refractivity (Wildman–Crippen MR) is 145 cm³/mol. The standard InChI is InChI=1S/C15H9Cl2.C9H13.C2H6Si.2ClH.Zr/c16-12-7-11(8-13(17)9-12)15-6-5-10-3-1-2-4-14(10)15;1-6-5-7(2)9(4)8(6)3;1-3-2;;;/h1-9H;6H,1-4H3;1-2H3;2*1H;. The molecule has 0 spiro atoms. The summed E-state index contributed by atoms with van der Waals surface area (Å²) in [6.45, 7) is 14.6. The van der Waals surface area contributed by atoms with Gasteiger partial charge in [-0.2, -0.15) is 0 Å². The molecule has 2 aromatic rings. The Morgan fingerprint density at radius 1 is 0.875 bits per heavy atom. The summed E-state index contributed by atoms with van der Waals surface area (Å²) in [6, 6.07) is 14.9. The largest absolute Gasteiger partial charge is 0.147 e. The third kappa shape index (κ3) is 4.98. The molecular formula is C26H30Cl4SiZr. The van der Waals surface area contributed by atoms with Gasteiger partial charge in [-0.15, -0.1) is 24.8 Å². The molecular weight excluding hydrogens is 573 g/mol. The summed E-state index contributed by atoms with van der Waals surface area (Å²) >= 11 is 10.8. The molecule has 6 heteroatoms. The Labute approximate surface area is 223 Å². The molecule has 2 aromatic carbocycles. The number of fused-ring (bicyclic) bond motifs is 1. The molecule has 0 aliphatic heterocycles. The SMILES string of the molecule is CC1=C(C)C(C)[C]([Zr]([CH]2C=C(c3cc(Cl)cc(Cl)c3)c3ccccc32)=[Si](C)C)=C1C.Cl.Cl. The third-order valence-corrected chi connectivity index (χ3v) is 25.9. The zero-order valence-electron chi connectivity index (χ0n) is 19.3. The van der Waals surface area contributed by atoms with Crippen LogP contribution in [0.4, 0.5) is 0 Å². The molecule has 0 saturated heterocycles. The minimum atomic E-state index is -1.98. The monoisotopic (exact) mass is 600 g/mol. The molecule has 0 N–H and O–H groups in total. The maximum absolute atomic E-state index is 6.37. The second-order valence-corrected chi connectivity index (χ2v) is 27.1. The van der Waals surface area contributed by atoms with Crippen LogP contribution in [0.5, 0.6) is 0 Å². The Kier molecular flexibility index (Phi) is 9.77. The molecule has 2 atom stereocenters. The first-order valence-corrected chi connectivity index (χ1v) is 20.1. The normalized spacial score (nSPS) is 19.3. The summed E-state index contributed by atoms with van der Waals surface area (Å²) in [4.78, 5) is 0. The minimum absolute atomic E-state index is 0. The molecule has 0 heterocycles. The van der Waals surface area contributed by atoms with Gasteiger partial charge in [0.2, 0.25) is 0 Å². The van der Waals surface area contributed by atoms with Crippen LogP contribution in [0.15, 0.2) is 68.5 Å². The van der Waals surface area contributed by atoms with Crippen molar-refractivity contribution in [3.05, 3.63) is 95.3 Å². The van der Waals surface area contributed by atoms with Gasteiger partial charge in [-0.3, -0.25) is 0 Å². The third-order valence-electron chi connectivity index (χ3n) is 6.87. The first-order valence-electron chi connectivity index (χ1n) is 10.5. The molecule has 2 aliphatic carbocycles. The molecule has 170 valence electrons. The molecule has 32 heavy (non-hydrogen) atoms. The van der Waals surface area contributed by atoms with Gasteiger partial charge in [-0.05, 0) is 0 Å². The van der Waals surface area contributed by atoms with Gasteiger partial charge in [0.05, 0.1) is 0 Å². The van der Waals surface area contributed by atoms with Crippen molar-refractivity contribution in [2.75, 3.05) is 0 Å². The summed E-state index contributed by atoms with van der Waals surface area (Å²) < 4.78 is 2.44. The Hall–Kier alpha value is -0.0800. The van der Waals surface area contributed by atoms with Crippen LogP contribution in [0.2, 0.25) is 23.1 Å². The Balaban J connectivity index is 0.00000181. The fourth-order valence-electron chi connectivity index (χ4n) is 5.11. The zero-order chi connectivity index (χ0) is 21.7. The summed E-state index contributed by atoms with van der Waals surface area (Å²) in [5.74, 6) is 0.615. The van der Waals surface area contributed by atoms with Gasteiger partial charge in [0.15, 0.2) is 0 Å². The number of allylic oxidation sites excluding steroid dienone is 5. The van der Waals surface area contributed by atoms with Gasteiger partial charge < -0.3 is 0 Å². The van der Waals surface area contributed by atoms with Crippen molar-refractivity contribution in [3.63, 3.8) is 0 Å². The summed E-state index contributed by atoms with van der Waals surface area (Å²) in [7, 11) is 0.